The van der Waals surface area contributed by atoms with Crippen molar-refractivity contribution in [2.45, 2.75) is 83.3 Å². The van der Waals surface area contributed by atoms with Gasteiger partial charge in [0.25, 0.3) is 0 Å². The standard InChI is InChI=1S/C19H28O8.Na/c1-10-4-5-13-11(2)16(23-15(22)7-6-14(20)21)24-17-19(13)12(10)8-9-18(3,25-17)26-27-19;/h10-13,16-17H,4-9H2,1-3H3,(H,20,21);/q;+1/p-1/t10-,11-,12+,13+,16+,17-,18+,19+;/m0./s1. The van der Waals surface area contributed by atoms with Crippen LogP contribution in [0.1, 0.15) is 59.3 Å². The number of fused-ring (bicyclic) bond motifs is 2. The van der Waals surface area contributed by atoms with Gasteiger partial charge in [-0.05, 0) is 44.4 Å². The zero-order valence-corrected chi connectivity index (χ0v) is 19.0. The Hall–Kier alpha value is -0.220. The van der Waals surface area contributed by atoms with E-state index in [9.17, 15) is 14.7 Å². The predicted octanol–water partition coefficient (Wildman–Crippen LogP) is -1.73. The molecular weight excluding hydrogens is 379 g/mol. The quantitative estimate of drug-likeness (QED) is 0.308. The Morgan fingerprint density at radius 1 is 1.11 bits per heavy atom. The van der Waals surface area contributed by atoms with Crippen LogP contribution in [-0.2, 0) is 33.6 Å². The topological polar surface area (TPSA) is 103 Å². The first-order valence-corrected chi connectivity index (χ1v) is 9.84. The van der Waals surface area contributed by atoms with Gasteiger partial charge < -0.3 is 24.1 Å². The maximum atomic E-state index is 12.0. The van der Waals surface area contributed by atoms with E-state index in [1.165, 1.54) is 0 Å². The molecule has 152 valence electrons. The van der Waals surface area contributed by atoms with Gasteiger partial charge >= 0.3 is 35.5 Å². The van der Waals surface area contributed by atoms with Crippen molar-refractivity contribution in [3.05, 3.63) is 0 Å². The summed E-state index contributed by atoms with van der Waals surface area (Å²) in [6.45, 7) is 6.04. The zero-order chi connectivity index (χ0) is 19.4. The van der Waals surface area contributed by atoms with E-state index in [1.54, 1.807) is 0 Å². The van der Waals surface area contributed by atoms with Crippen LogP contribution in [0, 0.1) is 23.7 Å². The Balaban J connectivity index is 0.00000225. The van der Waals surface area contributed by atoms with Crippen LogP contribution in [0.3, 0.4) is 0 Å². The number of carbonyl (C=O) groups is 2. The largest absolute Gasteiger partial charge is 1.00 e. The van der Waals surface area contributed by atoms with Gasteiger partial charge in [-0.25, -0.2) is 9.78 Å². The van der Waals surface area contributed by atoms with Crippen LogP contribution in [0.25, 0.3) is 0 Å². The molecule has 0 aromatic carbocycles. The molecule has 0 aromatic heterocycles. The zero-order valence-electron chi connectivity index (χ0n) is 17.0. The third kappa shape index (κ3) is 3.66. The van der Waals surface area contributed by atoms with Gasteiger partial charge in [-0.3, -0.25) is 4.79 Å². The van der Waals surface area contributed by atoms with Crippen molar-refractivity contribution in [2.75, 3.05) is 0 Å². The molecular formula is C19H27NaO8. The first kappa shape index (κ1) is 22.5. The monoisotopic (exact) mass is 406 g/mol. The summed E-state index contributed by atoms with van der Waals surface area (Å²) in [5.74, 6) is -2.17. The van der Waals surface area contributed by atoms with Crippen LogP contribution in [0.5, 0.6) is 0 Å². The summed E-state index contributed by atoms with van der Waals surface area (Å²) in [5, 5.41) is 10.6. The van der Waals surface area contributed by atoms with Crippen LogP contribution in [0.15, 0.2) is 0 Å². The molecule has 1 saturated carbocycles. The summed E-state index contributed by atoms with van der Waals surface area (Å²) in [5.41, 5.74) is -0.707. The molecule has 0 N–H and O–H groups in total. The van der Waals surface area contributed by atoms with Crippen molar-refractivity contribution in [3.8, 4) is 0 Å². The number of hydrogen-bond acceptors (Lipinski definition) is 8. The number of ether oxygens (including phenoxy) is 3. The summed E-state index contributed by atoms with van der Waals surface area (Å²) in [7, 11) is 0. The Kier molecular flexibility index (Phi) is 6.53. The van der Waals surface area contributed by atoms with Gasteiger partial charge in [0.1, 0.15) is 0 Å². The van der Waals surface area contributed by atoms with Crippen LogP contribution < -0.4 is 34.7 Å². The van der Waals surface area contributed by atoms with Gasteiger partial charge in [-0.15, -0.1) is 0 Å². The van der Waals surface area contributed by atoms with Gasteiger partial charge in [-0.2, -0.15) is 0 Å². The normalized spacial score (nSPS) is 46.7. The minimum Gasteiger partial charge on any atom is -0.550 e. The minimum absolute atomic E-state index is 0. The summed E-state index contributed by atoms with van der Waals surface area (Å²) >= 11 is 0. The summed E-state index contributed by atoms with van der Waals surface area (Å²) in [6, 6.07) is 0. The van der Waals surface area contributed by atoms with Crippen molar-refractivity contribution in [1.82, 2.24) is 0 Å². The maximum absolute atomic E-state index is 12.0. The molecule has 2 bridgehead atoms. The van der Waals surface area contributed by atoms with Crippen molar-refractivity contribution >= 4 is 11.9 Å². The van der Waals surface area contributed by atoms with Gasteiger partial charge in [0.05, 0.1) is 6.42 Å². The molecule has 1 spiro atoms. The molecule has 8 nitrogen and oxygen atoms in total. The molecule has 4 saturated heterocycles. The third-order valence-corrected chi connectivity index (χ3v) is 6.88. The molecule has 8 atom stereocenters. The maximum Gasteiger partial charge on any atom is 1.00 e. The molecule has 5 fully saturated rings. The van der Waals surface area contributed by atoms with E-state index < -0.39 is 35.9 Å². The van der Waals surface area contributed by atoms with Gasteiger partial charge in [0.15, 0.2) is 11.9 Å². The van der Waals surface area contributed by atoms with E-state index in [-0.39, 0.29) is 60.2 Å². The number of hydrogen-bond donors (Lipinski definition) is 0. The molecule has 0 radical (unpaired) electrons. The molecule has 1 aliphatic carbocycles. The SMILES string of the molecule is C[C@@H]1[C@H](OC(=O)CCC(=O)[O-])O[C@H]2O[C@@]3(C)CC[C@@H]4[C@@H](C)CC[C@H]1[C@@]24OO3.[Na+]. The van der Waals surface area contributed by atoms with E-state index in [4.69, 9.17) is 24.0 Å². The molecule has 28 heavy (non-hydrogen) atoms. The number of esters is 1. The fraction of sp³-hybridized carbons (Fsp3) is 0.895. The Bertz CT molecular complexity index is 629. The average molecular weight is 406 g/mol. The second-order valence-electron chi connectivity index (χ2n) is 8.64. The van der Waals surface area contributed by atoms with E-state index in [0.29, 0.717) is 12.3 Å². The smallest absolute Gasteiger partial charge is 0.550 e. The average Bonchev–Trinajstić information content (AvgIpc) is 2.84. The van der Waals surface area contributed by atoms with Crippen LogP contribution in [0.4, 0.5) is 0 Å². The van der Waals surface area contributed by atoms with E-state index in [1.807, 2.05) is 13.8 Å². The second kappa shape index (κ2) is 8.13. The molecule has 0 aromatic rings. The van der Waals surface area contributed by atoms with Crippen molar-refractivity contribution in [2.24, 2.45) is 23.7 Å². The molecule has 4 heterocycles. The summed E-state index contributed by atoms with van der Waals surface area (Å²) in [4.78, 5) is 34.4. The Morgan fingerprint density at radius 2 is 1.86 bits per heavy atom. The van der Waals surface area contributed by atoms with E-state index in [2.05, 4.69) is 6.92 Å². The number of rotatable bonds is 4. The first-order chi connectivity index (χ1) is 12.7. The third-order valence-electron chi connectivity index (χ3n) is 6.88. The molecule has 0 amide bonds. The van der Waals surface area contributed by atoms with E-state index in [0.717, 1.165) is 19.3 Å². The van der Waals surface area contributed by atoms with Crippen molar-refractivity contribution < 1.29 is 68.2 Å². The molecule has 5 rings (SSSR count). The van der Waals surface area contributed by atoms with Crippen LogP contribution in [0.2, 0.25) is 0 Å². The second-order valence-corrected chi connectivity index (χ2v) is 8.64. The van der Waals surface area contributed by atoms with E-state index >= 15 is 0 Å². The number of carboxylic acids is 1. The van der Waals surface area contributed by atoms with Crippen molar-refractivity contribution in [1.29, 1.82) is 0 Å². The Labute approximate surface area is 186 Å². The summed E-state index contributed by atoms with van der Waals surface area (Å²) < 4.78 is 17.7. The van der Waals surface area contributed by atoms with Gasteiger partial charge in [0, 0.05) is 24.2 Å². The van der Waals surface area contributed by atoms with Crippen LogP contribution >= 0.6 is 0 Å². The van der Waals surface area contributed by atoms with Crippen molar-refractivity contribution in [3.63, 3.8) is 0 Å². The Morgan fingerprint density at radius 3 is 2.57 bits per heavy atom. The number of carboxylic acid groups (broad SMARTS) is 1. The minimum atomic E-state index is -1.28. The fourth-order valence-electron chi connectivity index (χ4n) is 5.40. The van der Waals surface area contributed by atoms with Gasteiger partial charge in [0.2, 0.25) is 12.1 Å². The predicted molar refractivity (Wildman–Crippen MR) is 87.2 cm³/mol. The number of carbonyl (C=O) groups excluding carboxylic acids is 2. The van der Waals surface area contributed by atoms with Crippen LogP contribution in [-0.4, -0.2) is 35.9 Å². The summed E-state index contributed by atoms with van der Waals surface area (Å²) in [6.07, 6.45) is 1.48. The molecule has 5 aliphatic rings. The fourth-order valence-corrected chi connectivity index (χ4v) is 5.40. The molecule has 4 aliphatic heterocycles. The number of aliphatic carboxylic acids is 1. The first-order valence-electron chi connectivity index (χ1n) is 9.84. The molecule has 0 unspecified atom stereocenters. The van der Waals surface area contributed by atoms with Gasteiger partial charge in [-0.1, -0.05) is 13.8 Å². The molecule has 9 heteroatoms.